The fraction of sp³-hybridized carbons (Fsp3) is 0.857. The lowest BCUT2D eigenvalue weighted by Crippen LogP contribution is -2.70. The highest BCUT2D eigenvalue weighted by molar-refractivity contribution is 7.84. The topological polar surface area (TPSA) is 66.5 Å². The Morgan fingerprint density at radius 3 is 2.45 bits per heavy atom. The number of carbonyl (C=O) groups excluding carboxylic acids is 2. The van der Waals surface area contributed by atoms with Crippen LogP contribution in [0, 0.1) is 5.92 Å². The van der Waals surface area contributed by atoms with E-state index in [1.54, 1.807) is 11.2 Å². The van der Waals surface area contributed by atoms with Gasteiger partial charge in [-0.15, -0.1) is 0 Å². The van der Waals surface area contributed by atoms with E-state index in [1.807, 2.05) is 13.8 Å². The Morgan fingerprint density at radius 1 is 1.35 bits per heavy atom. The predicted molar refractivity (Wildman–Crippen MR) is 78.6 cm³/mol. The number of nitrogens with one attached hydrogen (secondary N) is 1. The maximum atomic E-state index is 12.8. The maximum absolute atomic E-state index is 12.8. The number of carbonyl (C=O) groups is 2. The van der Waals surface area contributed by atoms with Gasteiger partial charge in [0.1, 0.15) is 11.6 Å². The summed E-state index contributed by atoms with van der Waals surface area (Å²) in [5.74, 6) is 0.461. The zero-order valence-corrected chi connectivity index (χ0v) is 13.3. The average Bonchev–Trinajstić information content (AvgIpc) is 2.80. The van der Waals surface area contributed by atoms with Crippen LogP contribution in [0.25, 0.3) is 0 Å². The standard InChI is InChI=1S/C14H24N2O3S/c1-10(2)11-12(17)15-14(6-4-5-7-14)13(18)16(11)8-9-20(3)19/h10-11H,4-9H2,1-3H3,(H,15,17). The van der Waals surface area contributed by atoms with Crippen LogP contribution < -0.4 is 5.32 Å². The molecular formula is C14H24N2O3S. The first kappa shape index (κ1) is 15.5. The van der Waals surface area contributed by atoms with Crippen LogP contribution in [0.5, 0.6) is 0 Å². The second-order valence-corrected chi connectivity index (χ2v) is 7.80. The smallest absolute Gasteiger partial charge is 0.249 e. The van der Waals surface area contributed by atoms with Crippen molar-refractivity contribution in [3.63, 3.8) is 0 Å². The fourth-order valence-corrected chi connectivity index (χ4v) is 3.81. The first-order valence-electron chi connectivity index (χ1n) is 7.30. The molecule has 114 valence electrons. The Labute approximate surface area is 122 Å². The molecule has 20 heavy (non-hydrogen) atoms. The monoisotopic (exact) mass is 300 g/mol. The molecule has 1 heterocycles. The van der Waals surface area contributed by atoms with Gasteiger partial charge in [0.05, 0.1) is 0 Å². The molecule has 1 saturated carbocycles. The summed E-state index contributed by atoms with van der Waals surface area (Å²) in [6.07, 6.45) is 5.05. The number of hydrogen-bond acceptors (Lipinski definition) is 3. The lowest BCUT2D eigenvalue weighted by molar-refractivity contribution is -0.156. The first-order valence-corrected chi connectivity index (χ1v) is 9.03. The normalized spacial score (nSPS) is 27.2. The zero-order chi connectivity index (χ0) is 14.9. The molecule has 0 radical (unpaired) electrons. The summed E-state index contributed by atoms with van der Waals surface area (Å²) >= 11 is 0. The van der Waals surface area contributed by atoms with Gasteiger partial charge in [-0.1, -0.05) is 26.7 Å². The Balaban J connectivity index is 2.26. The average molecular weight is 300 g/mol. The van der Waals surface area contributed by atoms with E-state index < -0.39 is 22.4 Å². The van der Waals surface area contributed by atoms with Crippen molar-refractivity contribution in [2.75, 3.05) is 18.6 Å². The number of hydrogen-bond donors (Lipinski definition) is 1. The van der Waals surface area contributed by atoms with Gasteiger partial charge in [0.25, 0.3) is 0 Å². The third-order valence-electron chi connectivity index (χ3n) is 4.35. The minimum absolute atomic E-state index is 0.0266. The van der Waals surface area contributed by atoms with Crippen molar-refractivity contribution in [2.45, 2.75) is 51.1 Å². The van der Waals surface area contributed by atoms with Crippen LogP contribution in [-0.2, 0) is 20.4 Å². The summed E-state index contributed by atoms with van der Waals surface area (Å²) in [4.78, 5) is 26.9. The molecule has 2 atom stereocenters. The Kier molecular flexibility index (Phi) is 4.52. The Bertz CT molecular complexity index is 430. The minimum atomic E-state index is -0.960. The highest BCUT2D eigenvalue weighted by Gasteiger charge is 2.52. The predicted octanol–water partition coefficient (Wildman–Crippen LogP) is 0.661. The van der Waals surface area contributed by atoms with Crippen molar-refractivity contribution in [3.8, 4) is 0 Å². The van der Waals surface area contributed by atoms with Gasteiger partial charge in [0.2, 0.25) is 11.8 Å². The van der Waals surface area contributed by atoms with E-state index in [-0.39, 0.29) is 17.7 Å². The van der Waals surface area contributed by atoms with Crippen molar-refractivity contribution in [2.24, 2.45) is 5.92 Å². The van der Waals surface area contributed by atoms with Crippen molar-refractivity contribution in [3.05, 3.63) is 0 Å². The molecule has 0 bridgehead atoms. The van der Waals surface area contributed by atoms with Crippen LogP contribution in [-0.4, -0.2) is 51.1 Å². The third kappa shape index (κ3) is 2.75. The van der Waals surface area contributed by atoms with Crippen LogP contribution >= 0.6 is 0 Å². The van der Waals surface area contributed by atoms with E-state index in [1.165, 1.54) is 0 Å². The molecule has 2 aliphatic rings. The maximum Gasteiger partial charge on any atom is 0.249 e. The van der Waals surface area contributed by atoms with E-state index in [0.717, 1.165) is 25.7 Å². The van der Waals surface area contributed by atoms with Gasteiger partial charge >= 0.3 is 0 Å². The molecule has 1 aliphatic heterocycles. The van der Waals surface area contributed by atoms with Gasteiger partial charge in [-0.3, -0.25) is 13.8 Å². The van der Waals surface area contributed by atoms with E-state index >= 15 is 0 Å². The van der Waals surface area contributed by atoms with Crippen molar-refractivity contribution in [1.29, 1.82) is 0 Å². The van der Waals surface area contributed by atoms with Gasteiger partial charge in [-0.25, -0.2) is 0 Å². The quantitative estimate of drug-likeness (QED) is 0.829. The number of rotatable bonds is 4. The molecule has 2 rings (SSSR count). The molecule has 6 heteroatoms. The summed E-state index contributed by atoms with van der Waals surface area (Å²) < 4.78 is 11.3. The highest BCUT2D eigenvalue weighted by Crippen LogP contribution is 2.35. The SMILES string of the molecule is CC(C)C1C(=O)NC2(CCCC2)C(=O)N1CCS(C)=O. The molecule has 2 fully saturated rings. The molecule has 5 nitrogen and oxygen atoms in total. The lowest BCUT2D eigenvalue weighted by Gasteiger charge is -2.45. The minimum Gasteiger partial charge on any atom is -0.340 e. The Morgan fingerprint density at radius 2 is 1.95 bits per heavy atom. The van der Waals surface area contributed by atoms with Crippen molar-refractivity contribution >= 4 is 22.6 Å². The zero-order valence-electron chi connectivity index (χ0n) is 12.5. The van der Waals surface area contributed by atoms with Crippen LogP contribution in [0.2, 0.25) is 0 Å². The molecule has 1 saturated heterocycles. The van der Waals surface area contributed by atoms with Crippen LogP contribution in [0.15, 0.2) is 0 Å². The first-order chi connectivity index (χ1) is 9.37. The molecule has 0 aromatic rings. The van der Waals surface area contributed by atoms with E-state index in [0.29, 0.717) is 12.3 Å². The number of nitrogens with zero attached hydrogens (tertiary/aromatic N) is 1. The molecular weight excluding hydrogens is 276 g/mol. The van der Waals surface area contributed by atoms with Gasteiger partial charge in [-0.2, -0.15) is 0 Å². The van der Waals surface area contributed by atoms with Crippen LogP contribution in [0.1, 0.15) is 39.5 Å². The molecule has 1 spiro atoms. The Hall–Kier alpha value is -0.910. The van der Waals surface area contributed by atoms with Crippen molar-refractivity contribution in [1.82, 2.24) is 10.2 Å². The second-order valence-electron chi connectivity index (χ2n) is 6.24. The third-order valence-corrected chi connectivity index (χ3v) is 5.10. The molecule has 0 aromatic carbocycles. The fourth-order valence-electron chi connectivity index (χ4n) is 3.35. The molecule has 1 N–H and O–H groups in total. The summed E-state index contributed by atoms with van der Waals surface area (Å²) in [6, 6.07) is -0.433. The van der Waals surface area contributed by atoms with Crippen LogP contribution in [0.4, 0.5) is 0 Å². The number of piperazine rings is 1. The van der Waals surface area contributed by atoms with Crippen LogP contribution in [0.3, 0.4) is 0 Å². The number of amides is 2. The van der Waals surface area contributed by atoms with E-state index in [9.17, 15) is 13.8 Å². The lowest BCUT2D eigenvalue weighted by atomic mass is 9.87. The molecule has 2 unspecified atom stereocenters. The summed E-state index contributed by atoms with van der Waals surface area (Å²) in [7, 11) is -0.960. The molecule has 1 aliphatic carbocycles. The summed E-state index contributed by atoms with van der Waals surface area (Å²) in [6.45, 7) is 4.29. The van der Waals surface area contributed by atoms with E-state index in [4.69, 9.17) is 0 Å². The van der Waals surface area contributed by atoms with E-state index in [2.05, 4.69) is 5.32 Å². The van der Waals surface area contributed by atoms with Gasteiger partial charge in [-0.05, 0) is 18.8 Å². The second kappa shape index (κ2) is 5.84. The molecule has 0 aromatic heterocycles. The summed E-state index contributed by atoms with van der Waals surface area (Å²) in [5.41, 5.74) is -0.683. The van der Waals surface area contributed by atoms with Gasteiger partial charge in [0, 0.05) is 29.4 Å². The van der Waals surface area contributed by atoms with Gasteiger partial charge < -0.3 is 10.2 Å². The van der Waals surface area contributed by atoms with Crippen molar-refractivity contribution < 1.29 is 13.8 Å². The largest absolute Gasteiger partial charge is 0.340 e. The molecule has 2 amide bonds. The van der Waals surface area contributed by atoms with Gasteiger partial charge in [0.15, 0.2) is 0 Å². The summed E-state index contributed by atoms with van der Waals surface area (Å²) in [5, 5.41) is 2.98. The highest BCUT2D eigenvalue weighted by atomic mass is 32.2.